The van der Waals surface area contributed by atoms with E-state index in [2.05, 4.69) is 0 Å². The molecule has 2 N–H and O–H groups in total. The molecule has 5 nitrogen and oxygen atoms in total. The lowest BCUT2D eigenvalue weighted by atomic mass is 10.0. The number of halogens is 1. The average molecular weight is 427 g/mol. The van der Waals surface area contributed by atoms with E-state index in [1.807, 2.05) is 12.1 Å². The molecule has 0 aliphatic carbocycles. The molecule has 29 heavy (non-hydrogen) atoms. The molecule has 3 aromatic carbocycles. The molecule has 0 fully saturated rings. The Morgan fingerprint density at radius 1 is 0.966 bits per heavy atom. The van der Waals surface area contributed by atoms with Gasteiger partial charge in [0.05, 0.1) is 29.3 Å². The fraction of sp³-hybridized carbons (Fsp3) is 0.0909. The van der Waals surface area contributed by atoms with Gasteiger partial charge in [0.1, 0.15) is 5.75 Å². The van der Waals surface area contributed by atoms with Gasteiger partial charge in [0.15, 0.2) is 0 Å². The lowest BCUT2D eigenvalue weighted by Gasteiger charge is -2.19. The van der Waals surface area contributed by atoms with Crippen molar-refractivity contribution in [3.63, 3.8) is 0 Å². The van der Waals surface area contributed by atoms with E-state index in [9.17, 15) is 8.42 Å². The number of aromatic nitrogens is 1. The second-order valence-electron chi connectivity index (χ2n) is 6.57. The first-order valence-electron chi connectivity index (χ1n) is 8.93. The van der Waals surface area contributed by atoms with E-state index in [0.717, 1.165) is 5.39 Å². The Morgan fingerprint density at radius 2 is 1.66 bits per heavy atom. The summed E-state index contributed by atoms with van der Waals surface area (Å²) >= 11 is 6.17. The van der Waals surface area contributed by atoms with Crippen LogP contribution in [0.4, 0.5) is 0 Å². The van der Waals surface area contributed by atoms with Gasteiger partial charge in [-0.25, -0.2) is 12.4 Å². The topological polar surface area (TPSA) is 74.3 Å². The summed E-state index contributed by atoms with van der Waals surface area (Å²) in [7, 11) is -2.34. The molecular formula is C22H19ClN2O3S. The van der Waals surface area contributed by atoms with E-state index in [4.69, 9.17) is 22.1 Å². The van der Waals surface area contributed by atoms with Gasteiger partial charge in [0.2, 0.25) is 0 Å². The van der Waals surface area contributed by atoms with Gasteiger partial charge in [-0.2, -0.15) is 0 Å². The maximum Gasteiger partial charge on any atom is 0.268 e. The quantitative estimate of drug-likeness (QED) is 0.506. The van der Waals surface area contributed by atoms with Gasteiger partial charge < -0.3 is 10.5 Å². The first-order chi connectivity index (χ1) is 13.9. The number of hydrogen-bond acceptors (Lipinski definition) is 4. The lowest BCUT2D eigenvalue weighted by molar-refractivity contribution is 0.407. The molecule has 0 spiro atoms. The van der Waals surface area contributed by atoms with Gasteiger partial charge in [-0.15, -0.1) is 0 Å². The van der Waals surface area contributed by atoms with Crippen molar-refractivity contribution in [3.05, 3.63) is 95.1 Å². The molecule has 0 aliphatic heterocycles. The smallest absolute Gasteiger partial charge is 0.268 e. The molecule has 4 rings (SSSR count). The average Bonchev–Trinajstić information content (AvgIpc) is 3.14. The number of hydrogen-bond donors (Lipinski definition) is 1. The highest BCUT2D eigenvalue weighted by atomic mass is 35.5. The lowest BCUT2D eigenvalue weighted by Crippen LogP contribution is -2.22. The van der Waals surface area contributed by atoms with Crippen molar-refractivity contribution in [1.82, 2.24) is 3.97 Å². The van der Waals surface area contributed by atoms with E-state index in [1.165, 1.54) is 11.1 Å². The number of rotatable bonds is 5. The van der Waals surface area contributed by atoms with Crippen LogP contribution in [0.2, 0.25) is 5.02 Å². The van der Waals surface area contributed by atoms with Crippen molar-refractivity contribution in [2.24, 2.45) is 5.73 Å². The van der Waals surface area contributed by atoms with Crippen LogP contribution in [0, 0.1) is 0 Å². The Hall–Kier alpha value is -2.80. The Kier molecular flexibility index (Phi) is 5.08. The zero-order chi connectivity index (χ0) is 20.6. The summed E-state index contributed by atoms with van der Waals surface area (Å²) in [5.74, 6) is 0.538. The van der Waals surface area contributed by atoms with Crippen LogP contribution in [0.15, 0.2) is 83.8 Å². The zero-order valence-corrected chi connectivity index (χ0v) is 17.2. The summed E-state index contributed by atoms with van der Waals surface area (Å²) in [5, 5.41) is 1.27. The van der Waals surface area contributed by atoms with Crippen LogP contribution < -0.4 is 10.5 Å². The third-order valence-corrected chi connectivity index (χ3v) is 6.81. The maximum atomic E-state index is 13.5. The molecule has 4 aromatic rings. The van der Waals surface area contributed by atoms with Crippen LogP contribution in [0.5, 0.6) is 5.75 Å². The number of para-hydroxylation sites is 1. The highest BCUT2D eigenvalue weighted by Crippen LogP contribution is 2.35. The Labute approximate surface area is 174 Å². The molecule has 0 amide bonds. The SMILES string of the molecule is COc1ccc(Cl)cc1C(N)c1cc2ccccc2n1S(=O)(=O)c1ccccc1. The predicted octanol–water partition coefficient (Wildman–Crippen LogP) is 4.59. The first-order valence-corrected chi connectivity index (χ1v) is 10.8. The summed E-state index contributed by atoms with van der Waals surface area (Å²) in [6.45, 7) is 0. The van der Waals surface area contributed by atoms with Crippen LogP contribution in [0.3, 0.4) is 0 Å². The van der Waals surface area contributed by atoms with E-state index >= 15 is 0 Å². The van der Waals surface area contributed by atoms with Crippen molar-refractivity contribution < 1.29 is 13.2 Å². The minimum atomic E-state index is -3.87. The maximum absolute atomic E-state index is 13.5. The molecule has 1 heterocycles. The molecule has 1 aromatic heterocycles. The highest BCUT2D eigenvalue weighted by Gasteiger charge is 2.27. The monoisotopic (exact) mass is 426 g/mol. The Bertz CT molecular complexity index is 1280. The van der Waals surface area contributed by atoms with E-state index in [0.29, 0.717) is 27.5 Å². The summed E-state index contributed by atoms with van der Waals surface area (Å²) in [4.78, 5) is 0.188. The molecule has 1 atom stereocenters. The van der Waals surface area contributed by atoms with Crippen LogP contribution in [0.25, 0.3) is 10.9 Å². The van der Waals surface area contributed by atoms with Crippen LogP contribution in [-0.2, 0) is 10.0 Å². The molecule has 0 bridgehead atoms. The summed E-state index contributed by atoms with van der Waals surface area (Å²) in [6.07, 6.45) is 0. The van der Waals surface area contributed by atoms with Crippen LogP contribution >= 0.6 is 11.6 Å². The number of methoxy groups -OCH3 is 1. The minimum absolute atomic E-state index is 0.188. The number of fused-ring (bicyclic) bond motifs is 1. The molecule has 0 aliphatic rings. The minimum Gasteiger partial charge on any atom is -0.496 e. The summed E-state index contributed by atoms with van der Waals surface area (Å²) < 4.78 is 33.8. The number of ether oxygens (including phenoxy) is 1. The fourth-order valence-corrected chi connectivity index (χ4v) is 5.20. The van der Waals surface area contributed by atoms with Crippen molar-refractivity contribution in [2.75, 3.05) is 7.11 Å². The molecule has 148 valence electrons. The van der Waals surface area contributed by atoms with Crippen molar-refractivity contribution >= 4 is 32.5 Å². The third-order valence-electron chi connectivity index (χ3n) is 4.82. The summed E-state index contributed by atoms with van der Waals surface area (Å²) in [5.41, 5.74) is 8.17. The Morgan fingerprint density at radius 3 is 2.38 bits per heavy atom. The standard InChI is InChI=1S/C22H19ClN2O3S/c1-28-21-12-11-16(23)14-18(21)22(24)20-13-15-7-5-6-10-19(15)25(20)29(26,27)17-8-3-2-4-9-17/h2-14,22H,24H2,1H3. The highest BCUT2D eigenvalue weighted by molar-refractivity contribution is 7.90. The van der Waals surface area contributed by atoms with Crippen LogP contribution in [0.1, 0.15) is 17.3 Å². The second-order valence-corrected chi connectivity index (χ2v) is 8.80. The van der Waals surface area contributed by atoms with Crippen molar-refractivity contribution in [3.8, 4) is 5.75 Å². The van der Waals surface area contributed by atoms with Gasteiger partial charge in [0, 0.05) is 16.0 Å². The molecule has 0 saturated heterocycles. The third kappa shape index (κ3) is 3.40. The zero-order valence-electron chi connectivity index (χ0n) is 15.6. The largest absolute Gasteiger partial charge is 0.496 e. The van der Waals surface area contributed by atoms with Gasteiger partial charge in [-0.1, -0.05) is 48.0 Å². The first kappa shape index (κ1) is 19.5. The molecule has 0 radical (unpaired) electrons. The van der Waals surface area contributed by atoms with Crippen molar-refractivity contribution in [1.29, 1.82) is 0 Å². The number of nitrogens with two attached hydrogens (primary N) is 1. The van der Waals surface area contributed by atoms with E-state index in [-0.39, 0.29) is 4.90 Å². The molecule has 1 unspecified atom stereocenters. The van der Waals surface area contributed by atoms with E-state index < -0.39 is 16.1 Å². The van der Waals surface area contributed by atoms with E-state index in [1.54, 1.807) is 66.7 Å². The van der Waals surface area contributed by atoms with Gasteiger partial charge >= 0.3 is 0 Å². The molecule has 7 heteroatoms. The molecule has 0 saturated carbocycles. The van der Waals surface area contributed by atoms with Gasteiger partial charge in [0.25, 0.3) is 10.0 Å². The second kappa shape index (κ2) is 7.55. The van der Waals surface area contributed by atoms with Crippen molar-refractivity contribution in [2.45, 2.75) is 10.9 Å². The van der Waals surface area contributed by atoms with Gasteiger partial charge in [-0.3, -0.25) is 0 Å². The number of nitrogens with zero attached hydrogens (tertiary/aromatic N) is 1. The summed E-state index contributed by atoms with van der Waals surface area (Å²) in [6, 6.07) is 21.7. The van der Waals surface area contributed by atoms with Gasteiger partial charge in [-0.05, 0) is 42.5 Å². The predicted molar refractivity (Wildman–Crippen MR) is 115 cm³/mol. The number of benzene rings is 3. The van der Waals surface area contributed by atoms with Crippen LogP contribution in [-0.4, -0.2) is 19.5 Å². The Balaban J connectivity index is 2.00. The normalized spacial score (nSPS) is 12.8. The molecular weight excluding hydrogens is 408 g/mol. The fourth-order valence-electron chi connectivity index (χ4n) is 3.44.